The maximum Gasteiger partial charge on any atom is 0.219 e. The smallest absolute Gasteiger partial charge is 0.219 e. The molecule has 0 aliphatic heterocycles. The van der Waals surface area contributed by atoms with Crippen LogP contribution >= 0.6 is 0 Å². The van der Waals surface area contributed by atoms with Crippen LogP contribution < -0.4 is 0 Å². The first-order chi connectivity index (χ1) is 10.1. The number of aromatic hydroxyl groups is 1. The summed E-state index contributed by atoms with van der Waals surface area (Å²) in [6, 6.07) is 7.81. The van der Waals surface area contributed by atoms with Gasteiger partial charge in [0.15, 0.2) is 5.65 Å². The van der Waals surface area contributed by atoms with E-state index in [1.807, 2.05) is 0 Å². The van der Waals surface area contributed by atoms with Crippen molar-refractivity contribution in [2.45, 2.75) is 13.3 Å². The predicted molar refractivity (Wildman–Crippen MR) is 73.3 cm³/mol. The third-order valence-electron chi connectivity index (χ3n) is 3.34. The molecule has 0 amide bonds. The van der Waals surface area contributed by atoms with Gasteiger partial charge in [0.2, 0.25) is 5.88 Å². The van der Waals surface area contributed by atoms with Gasteiger partial charge in [-0.25, -0.2) is 9.37 Å². The van der Waals surface area contributed by atoms with Gasteiger partial charge in [0.05, 0.1) is 11.8 Å². The minimum atomic E-state index is -0.553. The summed E-state index contributed by atoms with van der Waals surface area (Å²) in [6.45, 7) is 1.79. The average molecular weight is 282 g/mol. The van der Waals surface area contributed by atoms with E-state index in [1.165, 1.54) is 16.6 Å². The molecular formula is C15H11FN4O. The van der Waals surface area contributed by atoms with Gasteiger partial charge >= 0.3 is 0 Å². The molecule has 2 aromatic heterocycles. The highest BCUT2D eigenvalue weighted by atomic mass is 19.1. The highest BCUT2D eigenvalue weighted by Gasteiger charge is 2.14. The minimum absolute atomic E-state index is 0.00494. The number of nitrogens with zero attached hydrogens (tertiary/aromatic N) is 4. The molecule has 0 atom stereocenters. The van der Waals surface area contributed by atoms with Crippen LogP contribution in [0.2, 0.25) is 0 Å². The van der Waals surface area contributed by atoms with Gasteiger partial charge in [-0.15, -0.1) is 0 Å². The number of fused-ring (bicyclic) bond motifs is 1. The quantitative estimate of drug-likeness (QED) is 0.783. The summed E-state index contributed by atoms with van der Waals surface area (Å²) in [5.74, 6) is -0.548. The zero-order chi connectivity index (χ0) is 15.0. The summed E-state index contributed by atoms with van der Waals surface area (Å²) in [5.41, 5.74) is 2.54. The Labute approximate surface area is 119 Å². The molecule has 0 aliphatic rings. The molecular weight excluding hydrogens is 271 g/mol. The van der Waals surface area contributed by atoms with Crippen LogP contribution in [-0.2, 0) is 6.42 Å². The van der Waals surface area contributed by atoms with Crippen LogP contribution in [0.15, 0.2) is 30.5 Å². The van der Waals surface area contributed by atoms with E-state index in [4.69, 9.17) is 5.26 Å². The van der Waals surface area contributed by atoms with E-state index in [9.17, 15) is 9.50 Å². The van der Waals surface area contributed by atoms with E-state index in [1.54, 1.807) is 31.3 Å². The van der Waals surface area contributed by atoms with Crippen LogP contribution in [-0.4, -0.2) is 19.7 Å². The molecule has 1 aromatic carbocycles. The van der Waals surface area contributed by atoms with E-state index in [0.717, 1.165) is 5.56 Å². The Bertz CT molecular complexity index is 879. The SMILES string of the molecule is Cc1nc2ccnn2c(O)c1Cc1ccc(F)c(C#N)c1. The Kier molecular flexibility index (Phi) is 3.03. The Hall–Kier alpha value is -2.94. The normalized spacial score (nSPS) is 10.7. The van der Waals surface area contributed by atoms with Gasteiger partial charge in [0, 0.05) is 23.7 Å². The van der Waals surface area contributed by atoms with Gasteiger partial charge in [-0.2, -0.15) is 14.9 Å². The Balaban J connectivity index is 2.08. The van der Waals surface area contributed by atoms with Crippen LogP contribution in [0.4, 0.5) is 4.39 Å². The molecule has 3 rings (SSSR count). The standard InChI is InChI=1S/C15H11FN4O/c1-9-12(15(21)20-14(19-9)4-5-18-20)7-10-2-3-13(16)11(6-10)8-17/h2-6,21H,7H2,1H3. The van der Waals surface area contributed by atoms with E-state index in [-0.39, 0.29) is 11.4 Å². The second-order valence-electron chi connectivity index (χ2n) is 4.70. The van der Waals surface area contributed by atoms with Gasteiger partial charge in [0.1, 0.15) is 11.9 Å². The topological polar surface area (TPSA) is 74.2 Å². The van der Waals surface area contributed by atoms with E-state index in [0.29, 0.717) is 23.3 Å². The second-order valence-corrected chi connectivity index (χ2v) is 4.70. The Morgan fingerprint density at radius 3 is 2.95 bits per heavy atom. The number of aryl methyl sites for hydroxylation is 1. The van der Waals surface area contributed by atoms with Crippen molar-refractivity contribution in [2.75, 3.05) is 0 Å². The summed E-state index contributed by atoms with van der Waals surface area (Å²) in [4.78, 5) is 4.35. The lowest BCUT2D eigenvalue weighted by molar-refractivity contribution is 0.428. The molecule has 0 radical (unpaired) electrons. The molecule has 6 heteroatoms. The monoisotopic (exact) mass is 282 g/mol. The largest absolute Gasteiger partial charge is 0.493 e. The highest BCUT2D eigenvalue weighted by Crippen LogP contribution is 2.24. The van der Waals surface area contributed by atoms with Crippen LogP contribution in [0, 0.1) is 24.1 Å². The van der Waals surface area contributed by atoms with Crippen molar-refractivity contribution in [3.8, 4) is 11.9 Å². The van der Waals surface area contributed by atoms with E-state index < -0.39 is 5.82 Å². The van der Waals surface area contributed by atoms with Crippen LogP contribution in [0.5, 0.6) is 5.88 Å². The predicted octanol–water partition coefficient (Wildman–Crippen LogP) is 2.34. The number of benzene rings is 1. The maximum atomic E-state index is 13.3. The zero-order valence-electron chi connectivity index (χ0n) is 11.2. The number of rotatable bonds is 2. The summed E-state index contributed by atoms with van der Waals surface area (Å²) in [6.07, 6.45) is 1.90. The molecule has 0 saturated carbocycles. The molecule has 0 saturated heterocycles. The lowest BCUT2D eigenvalue weighted by Crippen LogP contribution is -2.02. The summed E-state index contributed by atoms with van der Waals surface area (Å²) in [7, 11) is 0. The molecule has 3 aromatic rings. The van der Waals surface area contributed by atoms with Crippen molar-refractivity contribution in [1.29, 1.82) is 5.26 Å². The fraction of sp³-hybridized carbons (Fsp3) is 0.133. The fourth-order valence-electron chi connectivity index (χ4n) is 2.25. The fourth-order valence-corrected chi connectivity index (χ4v) is 2.25. The van der Waals surface area contributed by atoms with Crippen molar-refractivity contribution in [3.05, 3.63) is 58.7 Å². The first-order valence-electron chi connectivity index (χ1n) is 6.31. The molecule has 0 spiro atoms. The first-order valence-corrected chi connectivity index (χ1v) is 6.31. The number of nitriles is 1. The van der Waals surface area contributed by atoms with E-state index >= 15 is 0 Å². The maximum absolute atomic E-state index is 13.3. The molecule has 0 fully saturated rings. The average Bonchev–Trinajstić information content (AvgIpc) is 2.93. The molecule has 21 heavy (non-hydrogen) atoms. The molecule has 2 heterocycles. The van der Waals surface area contributed by atoms with Crippen molar-refractivity contribution in [1.82, 2.24) is 14.6 Å². The van der Waals surface area contributed by atoms with Crippen molar-refractivity contribution in [3.63, 3.8) is 0 Å². The van der Waals surface area contributed by atoms with Gasteiger partial charge in [0.25, 0.3) is 0 Å². The Morgan fingerprint density at radius 1 is 1.38 bits per heavy atom. The number of hydrogen-bond donors (Lipinski definition) is 1. The number of aromatic nitrogens is 3. The lowest BCUT2D eigenvalue weighted by Gasteiger charge is -2.10. The third-order valence-corrected chi connectivity index (χ3v) is 3.34. The molecule has 0 bridgehead atoms. The van der Waals surface area contributed by atoms with Crippen LogP contribution in [0.1, 0.15) is 22.4 Å². The second kappa shape index (κ2) is 4.87. The van der Waals surface area contributed by atoms with E-state index in [2.05, 4.69) is 10.1 Å². The summed E-state index contributed by atoms with van der Waals surface area (Å²) < 4.78 is 14.7. The van der Waals surface area contributed by atoms with Gasteiger partial charge in [-0.3, -0.25) is 0 Å². The summed E-state index contributed by atoms with van der Waals surface area (Å²) in [5, 5.41) is 23.2. The van der Waals surface area contributed by atoms with Gasteiger partial charge in [-0.05, 0) is 24.6 Å². The first kappa shape index (κ1) is 13.1. The Morgan fingerprint density at radius 2 is 2.19 bits per heavy atom. The van der Waals surface area contributed by atoms with Crippen molar-refractivity contribution < 1.29 is 9.50 Å². The third kappa shape index (κ3) is 2.19. The molecule has 0 unspecified atom stereocenters. The lowest BCUT2D eigenvalue weighted by atomic mass is 10.0. The molecule has 0 aliphatic carbocycles. The molecule has 1 N–H and O–H groups in total. The van der Waals surface area contributed by atoms with Gasteiger partial charge in [-0.1, -0.05) is 6.07 Å². The van der Waals surface area contributed by atoms with Crippen molar-refractivity contribution >= 4 is 5.65 Å². The summed E-state index contributed by atoms with van der Waals surface area (Å²) >= 11 is 0. The van der Waals surface area contributed by atoms with Crippen molar-refractivity contribution in [2.24, 2.45) is 0 Å². The molecule has 104 valence electrons. The zero-order valence-corrected chi connectivity index (χ0v) is 11.2. The van der Waals surface area contributed by atoms with Crippen LogP contribution in [0.25, 0.3) is 5.65 Å². The number of halogens is 1. The minimum Gasteiger partial charge on any atom is -0.493 e. The van der Waals surface area contributed by atoms with Crippen LogP contribution in [0.3, 0.4) is 0 Å². The molecule has 5 nitrogen and oxygen atoms in total. The van der Waals surface area contributed by atoms with Gasteiger partial charge < -0.3 is 5.11 Å². The highest BCUT2D eigenvalue weighted by molar-refractivity contribution is 5.47. The number of hydrogen-bond acceptors (Lipinski definition) is 4.